The minimum absolute atomic E-state index is 0.0713. The Morgan fingerprint density at radius 3 is 2.55 bits per heavy atom. The highest BCUT2D eigenvalue weighted by atomic mass is 32.2. The summed E-state index contributed by atoms with van der Waals surface area (Å²) in [5.74, 6) is -1.65. The summed E-state index contributed by atoms with van der Waals surface area (Å²) in [5, 5.41) is 9.85. The molecule has 11 heavy (non-hydrogen) atoms. The highest BCUT2D eigenvalue weighted by molar-refractivity contribution is 8.00. The van der Waals surface area contributed by atoms with Crippen LogP contribution in [0.1, 0.15) is 6.92 Å². The second kappa shape index (κ2) is 6.03. The molecule has 0 unspecified atom stereocenters. The van der Waals surface area contributed by atoms with Crippen LogP contribution in [0.5, 0.6) is 0 Å². The summed E-state index contributed by atoms with van der Waals surface area (Å²) in [7, 11) is 0. The number of thioether (sulfide) groups is 1. The molecule has 0 heterocycles. The molecular weight excluding hydrogens is 168 g/mol. The van der Waals surface area contributed by atoms with Crippen molar-refractivity contribution in [1.29, 1.82) is 0 Å². The molecule has 0 bridgehead atoms. The van der Waals surface area contributed by atoms with Crippen LogP contribution in [0.4, 0.5) is 0 Å². The van der Waals surface area contributed by atoms with Crippen LogP contribution in [0.15, 0.2) is 0 Å². The Labute approximate surface area is 68.9 Å². The highest BCUT2D eigenvalue weighted by Gasteiger charge is 2.00. The van der Waals surface area contributed by atoms with Gasteiger partial charge in [0.25, 0.3) is 0 Å². The van der Waals surface area contributed by atoms with Gasteiger partial charge in [-0.2, -0.15) is 0 Å². The maximum atomic E-state index is 10.6. The zero-order chi connectivity index (χ0) is 8.69. The van der Waals surface area contributed by atoms with Gasteiger partial charge in [0.2, 0.25) is 0 Å². The average molecular weight is 177 g/mol. The number of esters is 1. The first-order valence-corrected chi connectivity index (χ1v) is 4.25. The first kappa shape index (κ1) is 10.3. The first-order valence-electron chi connectivity index (χ1n) is 3.10. The third-order valence-corrected chi connectivity index (χ3v) is 1.62. The number of hydrogen-bond donors (Lipinski definition) is 0. The van der Waals surface area contributed by atoms with E-state index < -0.39 is 11.9 Å². The lowest BCUT2D eigenvalue weighted by Crippen LogP contribution is -2.25. The van der Waals surface area contributed by atoms with Gasteiger partial charge in [-0.1, -0.05) is 0 Å². The number of carboxylic acids is 1. The molecule has 0 fully saturated rings. The number of carbonyl (C=O) groups is 2. The lowest BCUT2D eigenvalue weighted by molar-refractivity contribution is -0.301. The van der Waals surface area contributed by atoms with Crippen molar-refractivity contribution in [3.8, 4) is 0 Å². The maximum Gasteiger partial charge on any atom is 0.315 e. The molecular formula is C6H9O4S-. The Kier molecular flexibility index (Phi) is 5.64. The van der Waals surface area contributed by atoms with E-state index in [0.29, 0.717) is 6.61 Å². The minimum Gasteiger partial charge on any atom is -0.549 e. The maximum absolute atomic E-state index is 10.6. The van der Waals surface area contributed by atoms with E-state index in [2.05, 4.69) is 4.74 Å². The smallest absolute Gasteiger partial charge is 0.315 e. The fourth-order valence-electron chi connectivity index (χ4n) is 0.420. The quantitative estimate of drug-likeness (QED) is 0.506. The second-order valence-corrected chi connectivity index (χ2v) is 2.66. The van der Waals surface area contributed by atoms with Crippen LogP contribution < -0.4 is 5.11 Å². The van der Waals surface area contributed by atoms with E-state index in [1.165, 1.54) is 0 Å². The number of hydrogen-bond acceptors (Lipinski definition) is 5. The zero-order valence-corrected chi connectivity index (χ0v) is 6.98. The molecule has 0 aliphatic heterocycles. The Balaban J connectivity index is 3.24. The molecule has 0 aromatic heterocycles. The third-order valence-electron chi connectivity index (χ3n) is 0.745. The summed E-state index contributed by atoms with van der Waals surface area (Å²) in [6.07, 6.45) is 0. The van der Waals surface area contributed by atoms with Gasteiger partial charge in [0.05, 0.1) is 18.3 Å². The molecule has 0 radical (unpaired) electrons. The van der Waals surface area contributed by atoms with Crippen LogP contribution in [0.25, 0.3) is 0 Å². The van der Waals surface area contributed by atoms with Gasteiger partial charge in [-0.25, -0.2) is 0 Å². The molecule has 0 aliphatic rings. The van der Waals surface area contributed by atoms with Gasteiger partial charge in [0.1, 0.15) is 0 Å². The lowest BCUT2D eigenvalue weighted by Gasteiger charge is -2.01. The predicted molar refractivity (Wildman–Crippen MR) is 39.0 cm³/mol. The summed E-state index contributed by atoms with van der Waals surface area (Å²) in [4.78, 5) is 20.4. The molecule has 5 heteroatoms. The fourth-order valence-corrected chi connectivity index (χ4v) is 0.939. The van der Waals surface area contributed by atoms with Crippen molar-refractivity contribution in [3.63, 3.8) is 0 Å². The van der Waals surface area contributed by atoms with E-state index in [1.807, 2.05) is 0 Å². The topological polar surface area (TPSA) is 66.4 Å². The van der Waals surface area contributed by atoms with Gasteiger partial charge in [-0.05, 0) is 6.92 Å². The molecule has 0 aliphatic carbocycles. The van der Waals surface area contributed by atoms with E-state index in [4.69, 9.17) is 0 Å². The van der Waals surface area contributed by atoms with E-state index >= 15 is 0 Å². The van der Waals surface area contributed by atoms with E-state index in [-0.39, 0.29) is 11.5 Å². The number of ether oxygens (including phenoxy) is 1. The minimum atomic E-state index is -1.17. The lowest BCUT2D eigenvalue weighted by atomic mass is 10.8. The van der Waals surface area contributed by atoms with Crippen molar-refractivity contribution in [1.82, 2.24) is 0 Å². The molecule has 0 amide bonds. The molecule has 0 rings (SSSR count). The van der Waals surface area contributed by atoms with Crippen LogP contribution in [-0.4, -0.2) is 30.1 Å². The van der Waals surface area contributed by atoms with Gasteiger partial charge in [-0.3, -0.25) is 4.79 Å². The fraction of sp³-hybridized carbons (Fsp3) is 0.667. The second-order valence-electron chi connectivity index (χ2n) is 1.67. The molecule has 0 atom stereocenters. The molecule has 4 nitrogen and oxygen atoms in total. The molecule has 0 aromatic rings. The number of aliphatic carboxylic acids is 1. The van der Waals surface area contributed by atoms with Crippen molar-refractivity contribution >= 4 is 23.7 Å². The Bertz CT molecular complexity index is 146. The van der Waals surface area contributed by atoms with Gasteiger partial charge in [0, 0.05) is 5.75 Å². The Morgan fingerprint density at radius 2 is 2.09 bits per heavy atom. The van der Waals surface area contributed by atoms with Crippen LogP contribution in [0.2, 0.25) is 0 Å². The van der Waals surface area contributed by atoms with Gasteiger partial charge >= 0.3 is 5.97 Å². The van der Waals surface area contributed by atoms with Crippen molar-refractivity contribution in [2.75, 3.05) is 18.1 Å². The Hall–Kier alpha value is -0.710. The molecule has 0 saturated carbocycles. The number of carbonyl (C=O) groups excluding carboxylic acids is 2. The molecule has 0 saturated heterocycles. The van der Waals surface area contributed by atoms with Crippen molar-refractivity contribution in [2.45, 2.75) is 6.92 Å². The largest absolute Gasteiger partial charge is 0.549 e. The normalized spacial score (nSPS) is 9.18. The van der Waals surface area contributed by atoms with Crippen LogP contribution >= 0.6 is 11.8 Å². The summed E-state index contributed by atoms with van der Waals surface area (Å²) in [6, 6.07) is 0. The molecule has 0 spiro atoms. The van der Waals surface area contributed by atoms with Gasteiger partial charge in [-0.15, -0.1) is 11.8 Å². The predicted octanol–water partition coefficient (Wildman–Crippen LogP) is -0.967. The number of rotatable bonds is 5. The number of carboxylic acid groups (broad SMARTS) is 1. The third kappa shape index (κ3) is 7.18. The molecule has 64 valence electrons. The van der Waals surface area contributed by atoms with Gasteiger partial charge in [0.15, 0.2) is 0 Å². The van der Waals surface area contributed by atoms with Crippen molar-refractivity contribution < 1.29 is 19.4 Å². The van der Waals surface area contributed by atoms with E-state index in [1.54, 1.807) is 6.92 Å². The summed E-state index contributed by atoms with van der Waals surface area (Å²) in [6.45, 7) is 2.02. The van der Waals surface area contributed by atoms with Crippen LogP contribution in [0, 0.1) is 0 Å². The van der Waals surface area contributed by atoms with E-state index in [0.717, 1.165) is 11.8 Å². The van der Waals surface area contributed by atoms with E-state index in [9.17, 15) is 14.7 Å². The van der Waals surface area contributed by atoms with Crippen molar-refractivity contribution in [3.05, 3.63) is 0 Å². The summed E-state index contributed by atoms with van der Waals surface area (Å²) in [5.41, 5.74) is 0. The highest BCUT2D eigenvalue weighted by Crippen LogP contribution is 1.98. The standard InChI is InChI=1S/C6H10O4S/c1-2-10-6(9)4-11-3-5(7)8/h2-4H2,1H3,(H,7,8)/p-1. The van der Waals surface area contributed by atoms with Crippen molar-refractivity contribution in [2.24, 2.45) is 0 Å². The monoisotopic (exact) mass is 177 g/mol. The molecule has 0 N–H and O–H groups in total. The van der Waals surface area contributed by atoms with Gasteiger partial charge < -0.3 is 14.6 Å². The van der Waals surface area contributed by atoms with Crippen LogP contribution in [-0.2, 0) is 14.3 Å². The van der Waals surface area contributed by atoms with Crippen LogP contribution in [0.3, 0.4) is 0 Å². The zero-order valence-electron chi connectivity index (χ0n) is 6.16. The Morgan fingerprint density at radius 1 is 1.45 bits per heavy atom. The summed E-state index contributed by atoms with van der Waals surface area (Å²) < 4.78 is 4.55. The average Bonchev–Trinajstić information content (AvgIpc) is 1.87. The first-order chi connectivity index (χ1) is 5.16. The molecule has 0 aromatic carbocycles. The SMILES string of the molecule is CCOC(=O)CSCC(=O)[O-]. The summed E-state index contributed by atoms with van der Waals surface area (Å²) >= 11 is 0.973.